The van der Waals surface area contributed by atoms with Crippen LogP contribution in [-0.2, 0) is 11.8 Å². The van der Waals surface area contributed by atoms with E-state index >= 15 is 0 Å². The topological polar surface area (TPSA) is 50.7 Å². The molecule has 0 amide bonds. The van der Waals surface area contributed by atoms with Gasteiger partial charge in [0, 0.05) is 24.4 Å². The lowest BCUT2D eigenvalue weighted by Crippen LogP contribution is -2.43. The van der Waals surface area contributed by atoms with Gasteiger partial charge in [0.15, 0.2) is 0 Å². The summed E-state index contributed by atoms with van der Waals surface area (Å²) < 4.78 is 86.1. The molecule has 3 aromatic carbocycles. The highest BCUT2D eigenvalue weighted by Crippen LogP contribution is 2.39. The number of rotatable bonds is 11. The molecule has 4 nitrogen and oxygen atoms in total. The van der Waals surface area contributed by atoms with Crippen molar-refractivity contribution in [2.45, 2.75) is 30.7 Å². The van der Waals surface area contributed by atoms with Gasteiger partial charge in [0.05, 0.1) is 6.10 Å². The van der Waals surface area contributed by atoms with E-state index in [1.165, 1.54) is 24.3 Å². The smallest absolute Gasteiger partial charge is 0.406 e. The number of halogens is 7. The van der Waals surface area contributed by atoms with Gasteiger partial charge in [0.25, 0.3) is 0 Å². The van der Waals surface area contributed by atoms with Crippen molar-refractivity contribution in [3.05, 3.63) is 95.6 Å². The fraction of sp³-hybridized carbons (Fsp3) is 0.308. The van der Waals surface area contributed by atoms with Crippen LogP contribution in [0.2, 0.25) is 0 Å². The molecule has 0 bridgehead atoms. The zero-order valence-corrected chi connectivity index (χ0v) is 20.1. The number of nitrogens with one attached hydrogen (secondary N) is 1. The summed E-state index contributed by atoms with van der Waals surface area (Å²) in [6, 6.07) is 19.5. The summed E-state index contributed by atoms with van der Waals surface area (Å²) in [5, 5.41) is 13.0. The van der Waals surface area contributed by atoms with Gasteiger partial charge in [-0.15, -0.1) is 37.9 Å². The van der Waals surface area contributed by atoms with Crippen LogP contribution in [0, 0.1) is 0 Å². The minimum atomic E-state index is -4.94. The fourth-order valence-corrected chi connectivity index (χ4v) is 4.18. The lowest BCUT2D eigenvalue weighted by molar-refractivity contribution is -0.275. The van der Waals surface area contributed by atoms with Gasteiger partial charge in [-0.2, -0.15) is 0 Å². The molecule has 0 spiro atoms. The molecule has 3 aromatic rings. The van der Waals surface area contributed by atoms with Crippen LogP contribution >= 0.6 is 11.6 Å². The van der Waals surface area contributed by atoms with Crippen LogP contribution in [-0.4, -0.2) is 42.9 Å². The summed E-state index contributed by atoms with van der Waals surface area (Å²) in [5.41, 5.74) is 0.250. The summed E-state index contributed by atoms with van der Waals surface area (Å²) in [5.74, 6) is -1.03. The van der Waals surface area contributed by atoms with Gasteiger partial charge in [-0.05, 0) is 47.4 Å². The average molecular weight is 548 g/mol. The number of aliphatic hydroxyl groups is 1. The molecular formula is C26H24ClF6NO3. The summed E-state index contributed by atoms with van der Waals surface area (Å²) in [4.78, 5) is 0. The van der Waals surface area contributed by atoms with Crippen LogP contribution in [0.15, 0.2) is 78.9 Å². The second-order valence-corrected chi connectivity index (χ2v) is 8.64. The van der Waals surface area contributed by atoms with Crippen molar-refractivity contribution in [3.63, 3.8) is 0 Å². The third-order valence-corrected chi connectivity index (χ3v) is 5.93. The van der Waals surface area contributed by atoms with Gasteiger partial charge in [0.2, 0.25) is 0 Å². The number of benzene rings is 3. The van der Waals surface area contributed by atoms with Crippen LogP contribution in [0.5, 0.6) is 11.5 Å². The molecule has 0 aromatic heterocycles. The van der Waals surface area contributed by atoms with E-state index in [-0.39, 0.29) is 25.4 Å². The van der Waals surface area contributed by atoms with Crippen molar-refractivity contribution >= 4 is 11.6 Å². The molecule has 0 saturated carbocycles. The lowest BCUT2D eigenvalue weighted by atomic mass is 9.70. The van der Waals surface area contributed by atoms with Crippen molar-refractivity contribution < 1.29 is 40.9 Å². The first-order valence-corrected chi connectivity index (χ1v) is 11.6. The first kappa shape index (κ1) is 28.6. The largest absolute Gasteiger partial charge is 0.573 e. The van der Waals surface area contributed by atoms with Crippen molar-refractivity contribution in [1.29, 1.82) is 0 Å². The Kier molecular flexibility index (Phi) is 9.33. The molecule has 37 heavy (non-hydrogen) atoms. The van der Waals surface area contributed by atoms with E-state index in [2.05, 4.69) is 14.8 Å². The number of hydrogen-bond acceptors (Lipinski definition) is 4. The second-order valence-electron chi connectivity index (χ2n) is 8.33. The lowest BCUT2D eigenvalue weighted by Gasteiger charge is -2.36. The van der Waals surface area contributed by atoms with Crippen LogP contribution in [0.1, 0.15) is 16.7 Å². The third-order valence-electron chi connectivity index (χ3n) is 5.57. The zero-order chi connectivity index (χ0) is 27.1. The quantitative estimate of drug-likeness (QED) is 0.222. The molecule has 0 saturated heterocycles. The highest BCUT2D eigenvalue weighted by atomic mass is 35.5. The second kappa shape index (κ2) is 12.1. The molecule has 1 atom stereocenters. The number of hydrogen-bond donors (Lipinski definition) is 2. The van der Waals surface area contributed by atoms with Gasteiger partial charge in [0.1, 0.15) is 11.5 Å². The number of aliphatic hydroxyl groups excluding tert-OH is 1. The Hall–Kier alpha value is -2.95. The average Bonchev–Trinajstić information content (AvgIpc) is 2.82. The maximum absolute atomic E-state index is 13.0. The molecule has 3 rings (SSSR count). The Balaban J connectivity index is 2.18. The van der Waals surface area contributed by atoms with Crippen molar-refractivity contribution in [2.75, 3.05) is 19.0 Å². The Morgan fingerprint density at radius 3 is 1.73 bits per heavy atom. The molecule has 2 N–H and O–H groups in total. The van der Waals surface area contributed by atoms with Crippen molar-refractivity contribution in [1.82, 2.24) is 5.32 Å². The number of ether oxygens (including phenoxy) is 2. The zero-order valence-electron chi connectivity index (χ0n) is 19.3. The van der Waals surface area contributed by atoms with Crippen LogP contribution in [0.25, 0.3) is 0 Å². The molecule has 11 heteroatoms. The highest BCUT2D eigenvalue weighted by Gasteiger charge is 2.38. The predicted molar refractivity (Wildman–Crippen MR) is 127 cm³/mol. The third kappa shape index (κ3) is 8.55. The Labute approximate surface area is 214 Å². The normalized spacial score (nSPS) is 13.3. The van der Waals surface area contributed by atoms with Gasteiger partial charge in [-0.25, -0.2) is 0 Å². The van der Waals surface area contributed by atoms with Crippen LogP contribution in [0.4, 0.5) is 26.3 Å². The molecule has 0 aliphatic rings. The van der Waals surface area contributed by atoms with E-state index in [0.717, 1.165) is 17.7 Å². The molecule has 0 unspecified atom stereocenters. The van der Waals surface area contributed by atoms with E-state index in [0.29, 0.717) is 11.1 Å². The fourth-order valence-electron chi connectivity index (χ4n) is 4.07. The molecule has 0 radical (unpaired) electrons. The first-order chi connectivity index (χ1) is 17.4. The Morgan fingerprint density at radius 2 is 1.27 bits per heavy atom. The van der Waals surface area contributed by atoms with Crippen LogP contribution in [0.3, 0.4) is 0 Å². The van der Waals surface area contributed by atoms with E-state index in [1.54, 1.807) is 42.5 Å². The SMILES string of the molecule is O[C@H](CCl)CNCC(Cc1ccccc1)(c1cccc(OC(F)(F)F)c1)c1cccc(OC(F)(F)F)c1. The van der Waals surface area contributed by atoms with E-state index in [1.807, 2.05) is 0 Å². The minimum Gasteiger partial charge on any atom is -0.406 e. The maximum Gasteiger partial charge on any atom is 0.573 e. The van der Waals surface area contributed by atoms with E-state index < -0.39 is 35.7 Å². The summed E-state index contributed by atoms with van der Waals surface area (Å²) in [6.07, 6.45) is -10.6. The minimum absolute atomic E-state index is 0.0286. The Morgan fingerprint density at radius 1 is 0.757 bits per heavy atom. The molecule has 0 aliphatic carbocycles. The monoisotopic (exact) mass is 547 g/mol. The van der Waals surface area contributed by atoms with Crippen molar-refractivity contribution in [3.8, 4) is 11.5 Å². The van der Waals surface area contributed by atoms with E-state index in [9.17, 15) is 31.4 Å². The Bertz CT molecular complexity index is 1080. The molecule has 0 fully saturated rings. The molecule has 0 heterocycles. The van der Waals surface area contributed by atoms with Crippen LogP contribution < -0.4 is 14.8 Å². The van der Waals surface area contributed by atoms with Gasteiger partial charge in [-0.3, -0.25) is 0 Å². The highest BCUT2D eigenvalue weighted by molar-refractivity contribution is 6.18. The molecule has 200 valence electrons. The molecular weight excluding hydrogens is 524 g/mol. The molecule has 0 aliphatic heterocycles. The summed E-state index contributed by atoms with van der Waals surface area (Å²) in [7, 11) is 0. The summed E-state index contributed by atoms with van der Waals surface area (Å²) >= 11 is 5.69. The summed E-state index contributed by atoms with van der Waals surface area (Å²) in [6.45, 7) is 0.0678. The maximum atomic E-state index is 13.0. The van der Waals surface area contributed by atoms with Gasteiger partial charge in [-0.1, -0.05) is 54.6 Å². The van der Waals surface area contributed by atoms with Crippen molar-refractivity contribution in [2.24, 2.45) is 0 Å². The number of alkyl halides is 7. The first-order valence-electron chi connectivity index (χ1n) is 11.1. The predicted octanol–water partition coefficient (Wildman–Crippen LogP) is 6.20. The van der Waals surface area contributed by atoms with Gasteiger partial charge < -0.3 is 19.9 Å². The van der Waals surface area contributed by atoms with E-state index in [4.69, 9.17) is 11.6 Å². The van der Waals surface area contributed by atoms with Gasteiger partial charge >= 0.3 is 12.7 Å². The standard InChI is InChI=1S/C26H24ClF6NO3/c27-15-21(35)16-34-17-24(14-18-6-2-1-3-7-18,19-8-4-10-22(12-19)36-25(28,29)30)20-9-5-11-23(13-20)37-26(31,32)33/h1-13,21,34-35H,14-17H2/t21-/m1/s1.